The monoisotopic (exact) mass is 393 g/mol. The second kappa shape index (κ2) is 6.70. The molecule has 0 saturated carbocycles. The Morgan fingerprint density at radius 3 is 2.63 bits per heavy atom. The van der Waals surface area contributed by atoms with Gasteiger partial charge in [-0.05, 0) is 33.3 Å². The Morgan fingerprint density at radius 2 is 2.04 bits per heavy atom. The van der Waals surface area contributed by atoms with Crippen molar-refractivity contribution in [2.75, 3.05) is 0 Å². The van der Waals surface area contributed by atoms with E-state index in [-0.39, 0.29) is 5.56 Å². The molecule has 0 aliphatic carbocycles. The minimum absolute atomic E-state index is 0.230. The molecular formula is C18H23N3O5S. The molecule has 2 unspecified atom stereocenters. The van der Waals surface area contributed by atoms with E-state index in [1.165, 1.54) is 21.2 Å². The fraction of sp³-hybridized carbons (Fsp3) is 0.556. The summed E-state index contributed by atoms with van der Waals surface area (Å²) in [5, 5.41) is 11.7. The summed E-state index contributed by atoms with van der Waals surface area (Å²) in [5.41, 5.74) is 0.381. The fourth-order valence-electron chi connectivity index (χ4n) is 3.68. The Bertz CT molecular complexity index is 865. The second-order valence-corrected chi connectivity index (χ2v) is 9.13. The molecule has 2 aliphatic heterocycles. The summed E-state index contributed by atoms with van der Waals surface area (Å²) >= 11 is 1.37. The molecule has 1 aromatic heterocycles. The average molecular weight is 393 g/mol. The summed E-state index contributed by atoms with van der Waals surface area (Å²) in [7, 11) is 0. The van der Waals surface area contributed by atoms with Crippen molar-refractivity contribution >= 4 is 29.5 Å². The summed E-state index contributed by atoms with van der Waals surface area (Å²) in [4.78, 5) is 50.4. The van der Waals surface area contributed by atoms with Crippen molar-refractivity contribution in [3.05, 3.63) is 34.2 Å². The number of aromatic nitrogens is 1. The minimum atomic E-state index is -1.05. The third-order valence-electron chi connectivity index (χ3n) is 5.20. The van der Waals surface area contributed by atoms with E-state index in [0.29, 0.717) is 12.0 Å². The van der Waals surface area contributed by atoms with Crippen LogP contribution < -0.4 is 10.9 Å². The van der Waals surface area contributed by atoms with Crippen LogP contribution in [0, 0.1) is 0 Å². The van der Waals surface area contributed by atoms with Gasteiger partial charge in [0.2, 0.25) is 11.8 Å². The highest BCUT2D eigenvalue weighted by molar-refractivity contribution is 8.01. The molecule has 8 nitrogen and oxygen atoms in total. The third-order valence-corrected chi connectivity index (χ3v) is 6.78. The van der Waals surface area contributed by atoms with Gasteiger partial charge in [-0.2, -0.15) is 0 Å². The van der Waals surface area contributed by atoms with E-state index >= 15 is 0 Å². The number of rotatable bonds is 5. The van der Waals surface area contributed by atoms with Crippen molar-refractivity contribution in [3.8, 4) is 0 Å². The quantitative estimate of drug-likeness (QED) is 0.710. The number of hydrogen-bond donors (Lipinski definition) is 2. The highest BCUT2D eigenvalue weighted by Gasteiger charge is 2.64. The van der Waals surface area contributed by atoms with Gasteiger partial charge < -0.3 is 19.9 Å². The number of hydrogen-bond acceptors (Lipinski definition) is 5. The molecule has 1 aromatic rings. The standard InChI is InChI=1S/C18H23N3O5S/c1-5-10-7-6-8-20(14(10)23)9(2)13(22)19-11-15(24)21-12(17(25)26)18(3,4)27-16(11)21/h6-9,11-12,16H,5H2,1-4H3,(H,19,22)(H,25,26)/t9?,11?,12-,16+/m0/s1. The molecule has 0 spiro atoms. The number of aliphatic carboxylic acids is 1. The molecule has 4 atom stereocenters. The third kappa shape index (κ3) is 3.03. The van der Waals surface area contributed by atoms with Crippen LogP contribution in [0.15, 0.2) is 23.1 Å². The maximum absolute atomic E-state index is 12.6. The van der Waals surface area contributed by atoms with E-state index < -0.39 is 46.0 Å². The van der Waals surface area contributed by atoms with Crippen LogP contribution in [-0.4, -0.2) is 54.6 Å². The Labute approximate surface area is 160 Å². The molecule has 146 valence electrons. The summed E-state index contributed by atoms with van der Waals surface area (Å²) in [6.45, 7) is 7.02. The summed E-state index contributed by atoms with van der Waals surface area (Å²) in [6.07, 6.45) is 2.11. The van der Waals surface area contributed by atoms with Crippen LogP contribution >= 0.6 is 11.8 Å². The molecule has 2 saturated heterocycles. The predicted molar refractivity (Wildman–Crippen MR) is 100 cm³/mol. The van der Waals surface area contributed by atoms with Gasteiger partial charge in [-0.1, -0.05) is 13.0 Å². The lowest BCUT2D eigenvalue weighted by atomic mass is 9.96. The van der Waals surface area contributed by atoms with Crippen LogP contribution in [0.4, 0.5) is 0 Å². The first-order valence-electron chi connectivity index (χ1n) is 8.83. The van der Waals surface area contributed by atoms with Gasteiger partial charge in [0.05, 0.1) is 0 Å². The van der Waals surface area contributed by atoms with Crippen molar-refractivity contribution in [1.82, 2.24) is 14.8 Å². The molecule has 0 radical (unpaired) electrons. The number of nitrogens with zero attached hydrogens (tertiary/aromatic N) is 2. The molecule has 2 N–H and O–H groups in total. The number of carbonyl (C=O) groups is 3. The molecule has 0 bridgehead atoms. The molecule has 0 aromatic carbocycles. The van der Waals surface area contributed by atoms with Gasteiger partial charge in [-0.25, -0.2) is 4.79 Å². The molecular weight excluding hydrogens is 370 g/mol. The smallest absolute Gasteiger partial charge is 0.327 e. The van der Waals surface area contributed by atoms with Gasteiger partial charge in [0, 0.05) is 16.5 Å². The molecule has 3 heterocycles. The molecule has 2 fully saturated rings. The van der Waals surface area contributed by atoms with Crippen LogP contribution in [-0.2, 0) is 20.8 Å². The zero-order chi connectivity index (χ0) is 20.1. The maximum Gasteiger partial charge on any atom is 0.327 e. The SMILES string of the molecule is CCc1cccn(C(C)C(=O)NC2C(=O)N3[C@@H]2SC(C)(C)[C@@H]3C(=O)O)c1=O. The molecule has 2 aliphatic rings. The Balaban J connectivity index is 1.76. The molecule has 2 amide bonds. The van der Waals surface area contributed by atoms with E-state index in [0.717, 1.165) is 0 Å². The number of carbonyl (C=O) groups excluding carboxylic acids is 2. The highest BCUT2D eigenvalue weighted by Crippen LogP contribution is 2.50. The van der Waals surface area contributed by atoms with Gasteiger partial charge in [0.25, 0.3) is 5.56 Å². The number of pyridine rings is 1. The van der Waals surface area contributed by atoms with Crippen molar-refractivity contribution in [2.24, 2.45) is 0 Å². The van der Waals surface area contributed by atoms with E-state index in [1.807, 2.05) is 6.92 Å². The van der Waals surface area contributed by atoms with Crippen molar-refractivity contribution < 1.29 is 19.5 Å². The van der Waals surface area contributed by atoms with Crippen molar-refractivity contribution in [2.45, 2.75) is 62.4 Å². The average Bonchev–Trinajstić information content (AvgIpc) is 2.87. The van der Waals surface area contributed by atoms with E-state index in [4.69, 9.17) is 0 Å². The Hall–Kier alpha value is -2.29. The number of fused-ring (bicyclic) bond motifs is 1. The van der Waals surface area contributed by atoms with Gasteiger partial charge in [0.15, 0.2) is 0 Å². The summed E-state index contributed by atoms with van der Waals surface area (Å²) < 4.78 is 0.699. The van der Waals surface area contributed by atoms with E-state index in [2.05, 4.69) is 5.32 Å². The van der Waals surface area contributed by atoms with Crippen molar-refractivity contribution in [1.29, 1.82) is 0 Å². The number of nitrogens with one attached hydrogen (secondary N) is 1. The first-order valence-corrected chi connectivity index (χ1v) is 9.71. The minimum Gasteiger partial charge on any atom is -0.480 e. The Morgan fingerprint density at radius 1 is 1.37 bits per heavy atom. The zero-order valence-corrected chi connectivity index (χ0v) is 16.4. The van der Waals surface area contributed by atoms with Crippen molar-refractivity contribution in [3.63, 3.8) is 0 Å². The number of amides is 2. The molecule has 3 rings (SSSR count). The fourth-order valence-corrected chi connectivity index (χ4v) is 5.30. The van der Waals surface area contributed by atoms with Crippen LogP contribution in [0.5, 0.6) is 0 Å². The van der Waals surface area contributed by atoms with Crippen LogP contribution in [0.3, 0.4) is 0 Å². The Kier molecular flexibility index (Phi) is 4.83. The first kappa shape index (κ1) is 19.5. The van der Waals surface area contributed by atoms with Crippen LogP contribution in [0.25, 0.3) is 0 Å². The number of thioether (sulfide) groups is 1. The molecule has 9 heteroatoms. The predicted octanol–water partition coefficient (Wildman–Crippen LogP) is 0.603. The van der Waals surface area contributed by atoms with Crippen LogP contribution in [0.1, 0.15) is 39.3 Å². The first-order chi connectivity index (χ1) is 12.6. The number of aryl methyl sites for hydroxylation is 1. The number of β-lactam (4-membered cyclic amide) rings is 1. The topological polar surface area (TPSA) is 109 Å². The summed E-state index contributed by atoms with van der Waals surface area (Å²) in [5.74, 6) is -1.90. The lowest BCUT2D eigenvalue weighted by molar-refractivity contribution is -0.161. The van der Waals surface area contributed by atoms with Gasteiger partial charge in [-0.3, -0.25) is 14.4 Å². The maximum atomic E-state index is 12.6. The molecule has 27 heavy (non-hydrogen) atoms. The zero-order valence-electron chi connectivity index (χ0n) is 15.6. The van der Waals surface area contributed by atoms with Gasteiger partial charge >= 0.3 is 5.97 Å². The largest absolute Gasteiger partial charge is 0.480 e. The van der Waals surface area contributed by atoms with E-state index in [9.17, 15) is 24.3 Å². The van der Waals surface area contributed by atoms with Gasteiger partial charge in [0.1, 0.15) is 23.5 Å². The lowest BCUT2D eigenvalue weighted by Crippen LogP contribution is -2.71. The van der Waals surface area contributed by atoms with Gasteiger partial charge in [-0.15, -0.1) is 11.8 Å². The van der Waals surface area contributed by atoms with E-state index in [1.54, 1.807) is 39.1 Å². The normalized spacial score (nSPS) is 26.9. The highest BCUT2D eigenvalue weighted by atomic mass is 32.2. The second-order valence-electron chi connectivity index (χ2n) is 7.36. The lowest BCUT2D eigenvalue weighted by Gasteiger charge is -2.43. The number of carboxylic acid groups (broad SMARTS) is 1. The summed E-state index contributed by atoms with van der Waals surface area (Å²) in [6, 6.07) is 0.959. The van der Waals surface area contributed by atoms with Crippen LogP contribution in [0.2, 0.25) is 0 Å². The number of carboxylic acids is 1.